The van der Waals surface area contributed by atoms with Gasteiger partial charge in [0.1, 0.15) is 21.5 Å². The van der Waals surface area contributed by atoms with E-state index in [4.69, 9.17) is 11.6 Å². The molecule has 4 aromatic carbocycles. The fourth-order valence-corrected chi connectivity index (χ4v) is 6.44. The number of rotatable bonds is 8. The normalized spacial score (nSPS) is 12.7. The first-order valence-corrected chi connectivity index (χ1v) is 14.5. The number of benzene rings is 4. The van der Waals surface area contributed by atoms with Gasteiger partial charge in [0.05, 0.1) is 29.0 Å². The van der Waals surface area contributed by atoms with Crippen molar-refractivity contribution in [3.8, 4) is 0 Å². The molecule has 0 bridgehead atoms. The van der Waals surface area contributed by atoms with Crippen LogP contribution in [0.3, 0.4) is 0 Å². The van der Waals surface area contributed by atoms with E-state index in [2.05, 4.69) is 18.8 Å². The third-order valence-corrected chi connectivity index (χ3v) is 8.59. The van der Waals surface area contributed by atoms with E-state index in [-0.39, 0.29) is 26.7 Å². The van der Waals surface area contributed by atoms with Crippen molar-refractivity contribution in [1.82, 2.24) is 14.1 Å². The number of anilines is 1. The molecule has 0 saturated heterocycles. The van der Waals surface area contributed by atoms with Crippen molar-refractivity contribution in [1.29, 1.82) is 0 Å². The average molecular weight is 579 g/mol. The summed E-state index contributed by atoms with van der Waals surface area (Å²) < 4.78 is 37.4. The van der Waals surface area contributed by atoms with Crippen molar-refractivity contribution in [3.05, 3.63) is 119 Å². The summed E-state index contributed by atoms with van der Waals surface area (Å²) in [5.41, 5.74) is 0.292. The molecule has 39 heavy (non-hydrogen) atoms. The van der Waals surface area contributed by atoms with Crippen molar-refractivity contribution in [2.75, 3.05) is 4.72 Å². The molecule has 0 saturated carbocycles. The number of hydrogen-bond donors (Lipinski definition) is 3. The van der Waals surface area contributed by atoms with Gasteiger partial charge >= 0.3 is 0 Å². The Balaban J connectivity index is 1.49. The van der Waals surface area contributed by atoms with E-state index in [1.165, 1.54) is 24.3 Å². The second kappa shape index (κ2) is 10.7. The van der Waals surface area contributed by atoms with Gasteiger partial charge in [0, 0.05) is 5.02 Å². The molecule has 1 amide bonds. The molecule has 0 spiro atoms. The van der Waals surface area contributed by atoms with Crippen molar-refractivity contribution >= 4 is 56.0 Å². The zero-order valence-electron chi connectivity index (χ0n) is 20.6. The molecular weight excluding hydrogens is 556 g/mol. The lowest BCUT2D eigenvalue weighted by molar-refractivity contribution is 0.0405. The van der Waals surface area contributed by atoms with Crippen LogP contribution in [0.2, 0.25) is 5.02 Å². The van der Waals surface area contributed by atoms with Gasteiger partial charge in [-0.3, -0.25) is 9.52 Å². The second-order valence-corrected chi connectivity index (χ2v) is 11.5. The van der Waals surface area contributed by atoms with E-state index < -0.39 is 27.6 Å². The summed E-state index contributed by atoms with van der Waals surface area (Å²) in [6.45, 7) is 1.69. The van der Waals surface area contributed by atoms with Crippen LogP contribution in [0.15, 0.2) is 102 Å². The Hall–Kier alpha value is -3.83. The number of nitrogens with one attached hydrogen (secondary N) is 2. The van der Waals surface area contributed by atoms with Crippen LogP contribution in [-0.2, 0) is 15.6 Å². The van der Waals surface area contributed by atoms with Gasteiger partial charge in [0.2, 0.25) is 0 Å². The van der Waals surface area contributed by atoms with Gasteiger partial charge in [-0.25, -0.2) is 8.42 Å². The third-order valence-electron chi connectivity index (χ3n) is 6.41. The maximum atomic E-state index is 13.6. The third kappa shape index (κ3) is 5.24. The van der Waals surface area contributed by atoms with Gasteiger partial charge in [-0.05, 0) is 48.4 Å². The molecule has 0 radical (unpaired) electrons. The van der Waals surface area contributed by atoms with Gasteiger partial charge in [-0.2, -0.15) is 8.75 Å². The van der Waals surface area contributed by atoms with E-state index in [1.807, 2.05) is 36.4 Å². The first kappa shape index (κ1) is 26.8. The molecule has 1 heterocycles. The monoisotopic (exact) mass is 578 g/mol. The quantitative estimate of drug-likeness (QED) is 0.233. The van der Waals surface area contributed by atoms with Gasteiger partial charge in [-0.15, -0.1) is 0 Å². The van der Waals surface area contributed by atoms with Gasteiger partial charge < -0.3 is 10.4 Å². The number of hydrogen-bond acceptors (Lipinski definition) is 7. The van der Waals surface area contributed by atoms with Crippen LogP contribution in [-0.4, -0.2) is 34.2 Å². The zero-order valence-corrected chi connectivity index (χ0v) is 23.0. The van der Waals surface area contributed by atoms with Gasteiger partial charge in [0.15, 0.2) is 0 Å². The van der Waals surface area contributed by atoms with E-state index in [1.54, 1.807) is 43.3 Å². The number of fused-ring (bicyclic) bond motifs is 1. The van der Waals surface area contributed by atoms with E-state index in [0.29, 0.717) is 16.6 Å². The van der Waals surface area contributed by atoms with Crippen molar-refractivity contribution in [3.63, 3.8) is 0 Å². The molecule has 5 aromatic rings. The number of amides is 1. The molecule has 8 nitrogen and oxygen atoms in total. The molecule has 198 valence electrons. The SMILES string of the molecule is C[C@@H](NC(=O)c1ccc(Cl)cc1NS(=O)(=O)c1cccc2nsnc12)C(O)(c1ccccc1)c1ccccc1. The Labute approximate surface area is 234 Å². The Morgan fingerprint density at radius 2 is 1.56 bits per heavy atom. The first-order valence-electron chi connectivity index (χ1n) is 11.9. The van der Waals surface area contributed by atoms with E-state index in [0.717, 1.165) is 11.7 Å². The minimum Gasteiger partial charge on any atom is -0.378 e. The summed E-state index contributed by atoms with van der Waals surface area (Å²) in [7, 11) is -4.16. The predicted molar refractivity (Wildman–Crippen MR) is 152 cm³/mol. The van der Waals surface area contributed by atoms with E-state index in [9.17, 15) is 18.3 Å². The number of carbonyl (C=O) groups is 1. The highest BCUT2D eigenvalue weighted by Gasteiger charge is 2.39. The molecular formula is C28H23ClN4O4S2. The molecule has 0 aliphatic carbocycles. The van der Waals surface area contributed by atoms with Crippen molar-refractivity contribution in [2.45, 2.75) is 23.5 Å². The van der Waals surface area contributed by atoms with Crippen LogP contribution in [0.1, 0.15) is 28.4 Å². The highest BCUT2D eigenvalue weighted by Crippen LogP contribution is 2.34. The van der Waals surface area contributed by atoms with Crippen LogP contribution in [0, 0.1) is 0 Å². The first-order chi connectivity index (χ1) is 18.7. The lowest BCUT2D eigenvalue weighted by Crippen LogP contribution is -2.49. The Morgan fingerprint density at radius 3 is 2.21 bits per heavy atom. The average Bonchev–Trinajstić information content (AvgIpc) is 3.42. The maximum Gasteiger partial charge on any atom is 0.264 e. The van der Waals surface area contributed by atoms with Crippen LogP contribution in [0.4, 0.5) is 5.69 Å². The number of aliphatic hydroxyl groups is 1. The van der Waals surface area contributed by atoms with Crippen LogP contribution < -0.4 is 10.0 Å². The van der Waals surface area contributed by atoms with Crippen molar-refractivity contribution in [2.24, 2.45) is 0 Å². The fraction of sp³-hybridized carbons (Fsp3) is 0.107. The number of carbonyl (C=O) groups excluding carboxylic acids is 1. The van der Waals surface area contributed by atoms with Gasteiger partial charge in [-0.1, -0.05) is 78.3 Å². The molecule has 11 heteroatoms. The topological polar surface area (TPSA) is 121 Å². The molecule has 1 aromatic heterocycles. The van der Waals surface area contributed by atoms with Crippen LogP contribution in [0.25, 0.3) is 11.0 Å². The highest BCUT2D eigenvalue weighted by molar-refractivity contribution is 7.93. The standard InChI is InChI=1S/C28H23ClN4O4S2/c1-18(28(35,19-9-4-2-5-10-19)20-11-6-3-7-12-20)30-27(34)22-16-15-21(29)17-24(22)33-39(36,37)25-14-8-13-23-26(25)32-38-31-23/h2-18,33,35H,1H3,(H,30,34)/t18-/m1/s1. The molecule has 0 aliphatic rings. The van der Waals surface area contributed by atoms with Crippen molar-refractivity contribution < 1.29 is 18.3 Å². The lowest BCUT2D eigenvalue weighted by Gasteiger charge is -2.36. The molecule has 5 rings (SSSR count). The molecule has 3 N–H and O–H groups in total. The summed E-state index contributed by atoms with van der Waals surface area (Å²) in [4.78, 5) is 13.5. The summed E-state index contributed by atoms with van der Waals surface area (Å²) in [5, 5.41) is 15.1. The summed E-state index contributed by atoms with van der Waals surface area (Å²) in [5.74, 6) is -0.601. The summed E-state index contributed by atoms with van der Waals surface area (Å²) in [6, 6.07) is 26.2. The second-order valence-electron chi connectivity index (χ2n) is 8.88. The van der Waals surface area contributed by atoms with E-state index >= 15 is 0 Å². The molecule has 0 unspecified atom stereocenters. The summed E-state index contributed by atoms with van der Waals surface area (Å²) >= 11 is 7.09. The minimum absolute atomic E-state index is 0.0182. The number of halogens is 1. The lowest BCUT2D eigenvalue weighted by atomic mass is 9.80. The fourth-order valence-electron chi connectivity index (χ4n) is 4.43. The van der Waals surface area contributed by atoms with Crippen LogP contribution >= 0.6 is 23.3 Å². The smallest absolute Gasteiger partial charge is 0.264 e. The molecule has 0 fully saturated rings. The molecule has 1 atom stereocenters. The number of sulfonamides is 1. The molecule has 0 aliphatic heterocycles. The minimum atomic E-state index is -4.16. The maximum absolute atomic E-state index is 13.6. The summed E-state index contributed by atoms with van der Waals surface area (Å²) in [6.07, 6.45) is 0. The van der Waals surface area contributed by atoms with Crippen LogP contribution in [0.5, 0.6) is 0 Å². The Kier molecular flexibility index (Phi) is 7.37. The predicted octanol–water partition coefficient (Wildman–Crippen LogP) is 5.20. The Morgan fingerprint density at radius 1 is 0.923 bits per heavy atom. The highest BCUT2D eigenvalue weighted by atomic mass is 35.5. The number of aromatic nitrogens is 2. The Bertz CT molecular complexity index is 1710. The zero-order chi connectivity index (χ0) is 27.6. The number of nitrogens with zero attached hydrogens (tertiary/aromatic N) is 2. The largest absolute Gasteiger partial charge is 0.378 e. The van der Waals surface area contributed by atoms with Gasteiger partial charge in [0.25, 0.3) is 15.9 Å².